The fourth-order valence-corrected chi connectivity index (χ4v) is 3.83. The molecule has 0 bridgehead atoms. The summed E-state index contributed by atoms with van der Waals surface area (Å²) in [5, 5.41) is 4.09. The molecule has 3 aromatic rings. The van der Waals surface area contributed by atoms with Gasteiger partial charge >= 0.3 is 0 Å². The molecule has 0 fully saturated rings. The number of anilines is 1. The lowest BCUT2D eigenvalue weighted by Gasteiger charge is -2.33. The predicted molar refractivity (Wildman–Crippen MR) is 118 cm³/mol. The first kappa shape index (κ1) is 18.7. The standard InChI is InChI=1S/C24H24N2OS/c28-24(25-21-12-5-2-6-13-21)26(17-19-9-3-1-4-10-19)18-23-22-14-8-7-11-20(22)15-16-27-23/h1-14,23H,15-18H2,(H,25,28). The monoisotopic (exact) mass is 388 g/mol. The van der Waals surface area contributed by atoms with Crippen LogP contribution in [0.15, 0.2) is 84.9 Å². The Bertz CT molecular complexity index is 914. The van der Waals surface area contributed by atoms with Gasteiger partial charge in [-0.2, -0.15) is 0 Å². The minimum atomic E-state index is 0.0178. The number of rotatable bonds is 5. The third kappa shape index (κ3) is 4.58. The van der Waals surface area contributed by atoms with Gasteiger partial charge < -0.3 is 15.0 Å². The molecule has 0 amide bonds. The third-order valence-corrected chi connectivity index (χ3v) is 5.37. The Labute approximate surface area is 172 Å². The Morgan fingerprint density at radius 3 is 2.39 bits per heavy atom. The van der Waals surface area contributed by atoms with Crippen molar-refractivity contribution < 1.29 is 4.74 Å². The first-order valence-electron chi connectivity index (χ1n) is 9.64. The Morgan fingerprint density at radius 2 is 1.61 bits per heavy atom. The number of ether oxygens (including phenoxy) is 1. The van der Waals surface area contributed by atoms with E-state index < -0.39 is 0 Å². The van der Waals surface area contributed by atoms with E-state index in [2.05, 4.69) is 58.7 Å². The zero-order chi connectivity index (χ0) is 19.2. The van der Waals surface area contributed by atoms with Gasteiger partial charge in [-0.3, -0.25) is 0 Å². The minimum Gasteiger partial charge on any atom is -0.371 e. The second-order valence-corrected chi connectivity index (χ2v) is 7.36. The van der Waals surface area contributed by atoms with Crippen LogP contribution < -0.4 is 5.32 Å². The van der Waals surface area contributed by atoms with Crippen molar-refractivity contribution >= 4 is 23.0 Å². The molecule has 1 aliphatic heterocycles. The van der Waals surface area contributed by atoms with Crippen LogP contribution in [-0.4, -0.2) is 23.2 Å². The van der Waals surface area contributed by atoms with Crippen molar-refractivity contribution in [2.24, 2.45) is 0 Å². The van der Waals surface area contributed by atoms with Crippen molar-refractivity contribution in [3.05, 3.63) is 102 Å². The molecule has 0 saturated carbocycles. The molecule has 1 heterocycles. The number of nitrogens with zero attached hydrogens (tertiary/aromatic N) is 1. The van der Waals surface area contributed by atoms with E-state index in [-0.39, 0.29) is 6.10 Å². The molecule has 4 heteroatoms. The van der Waals surface area contributed by atoms with Gasteiger partial charge in [0.25, 0.3) is 0 Å². The fraction of sp³-hybridized carbons (Fsp3) is 0.208. The van der Waals surface area contributed by atoms with Crippen molar-refractivity contribution in [2.45, 2.75) is 19.1 Å². The van der Waals surface area contributed by atoms with E-state index in [1.165, 1.54) is 16.7 Å². The lowest BCUT2D eigenvalue weighted by Crippen LogP contribution is -2.39. The third-order valence-electron chi connectivity index (χ3n) is 5.01. The van der Waals surface area contributed by atoms with Gasteiger partial charge in [0.15, 0.2) is 5.11 Å². The smallest absolute Gasteiger partial charge is 0.173 e. The van der Waals surface area contributed by atoms with Crippen LogP contribution in [-0.2, 0) is 17.7 Å². The number of hydrogen-bond donors (Lipinski definition) is 1. The molecule has 0 aromatic heterocycles. The van der Waals surface area contributed by atoms with Gasteiger partial charge in [-0.1, -0.05) is 72.8 Å². The van der Waals surface area contributed by atoms with Crippen molar-refractivity contribution in [2.75, 3.05) is 18.5 Å². The molecule has 142 valence electrons. The second kappa shape index (κ2) is 9.00. The van der Waals surface area contributed by atoms with E-state index in [0.717, 1.165) is 25.3 Å². The molecule has 0 aliphatic carbocycles. The molecule has 3 aromatic carbocycles. The molecule has 1 N–H and O–H groups in total. The Balaban J connectivity index is 1.55. The van der Waals surface area contributed by atoms with Gasteiger partial charge in [-0.05, 0) is 47.5 Å². The van der Waals surface area contributed by atoms with E-state index in [9.17, 15) is 0 Å². The largest absolute Gasteiger partial charge is 0.371 e. The van der Waals surface area contributed by atoms with E-state index in [1.807, 2.05) is 36.4 Å². The number of thiocarbonyl (C=S) groups is 1. The Hall–Kier alpha value is -2.69. The molecular formula is C24H24N2OS. The van der Waals surface area contributed by atoms with Crippen LogP contribution in [0.1, 0.15) is 22.8 Å². The van der Waals surface area contributed by atoms with Crippen LogP contribution in [0.2, 0.25) is 0 Å². The number of hydrogen-bond acceptors (Lipinski definition) is 2. The molecule has 4 rings (SSSR count). The van der Waals surface area contributed by atoms with Gasteiger partial charge in [0.05, 0.1) is 13.2 Å². The highest BCUT2D eigenvalue weighted by atomic mass is 32.1. The summed E-state index contributed by atoms with van der Waals surface area (Å²) >= 11 is 5.78. The van der Waals surface area contributed by atoms with E-state index in [4.69, 9.17) is 17.0 Å². The van der Waals surface area contributed by atoms with Gasteiger partial charge in [0.2, 0.25) is 0 Å². The summed E-state index contributed by atoms with van der Waals surface area (Å²) in [5.41, 5.74) is 4.87. The van der Waals surface area contributed by atoms with Crippen LogP contribution in [0.5, 0.6) is 0 Å². The zero-order valence-electron chi connectivity index (χ0n) is 15.8. The molecule has 1 atom stereocenters. The highest BCUT2D eigenvalue weighted by molar-refractivity contribution is 7.80. The van der Waals surface area contributed by atoms with Gasteiger partial charge in [0.1, 0.15) is 6.10 Å². The molecule has 3 nitrogen and oxygen atoms in total. The van der Waals surface area contributed by atoms with Gasteiger partial charge in [-0.15, -0.1) is 0 Å². The lowest BCUT2D eigenvalue weighted by molar-refractivity contribution is 0.0275. The van der Waals surface area contributed by atoms with Gasteiger partial charge in [0, 0.05) is 12.2 Å². The fourth-order valence-electron chi connectivity index (χ4n) is 3.58. The SMILES string of the molecule is S=C(Nc1ccccc1)N(Cc1ccccc1)CC1OCCc2ccccc21. The van der Waals surface area contributed by atoms with E-state index in [1.54, 1.807) is 0 Å². The van der Waals surface area contributed by atoms with Crippen LogP contribution in [0.3, 0.4) is 0 Å². The summed E-state index contributed by atoms with van der Waals surface area (Å²) in [4.78, 5) is 2.20. The summed E-state index contributed by atoms with van der Waals surface area (Å²) in [5.74, 6) is 0. The number of nitrogens with one attached hydrogen (secondary N) is 1. The van der Waals surface area contributed by atoms with Crippen molar-refractivity contribution in [3.8, 4) is 0 Å². The van der Waals surface area contributed by atoms with Crippen LogP contribution in [0, 0.1) is 0 Å². The minimum absolute atomic E-state index is 0.0178. The summed E-state index contributed by atoms with van der Waals surface area (Å²) in [6.45, 7) is 2.20. The maximum absolute atomic E-state index is 6.14. The quantitative estimate of drug-likeness (QED) is 0.607. The second-order valence-electron chi connectivity index (χ2n) is 6.97. The summed E-state index contributed by atoms with van der Waals surface area (Å²) < 4.78 is 6.14. The maximum Gasteiger partial charge on any atom is 0.173 e. The van der Waals surface area contributed by atoms with Crippen LogP contribution in [0.4, 0.5) is 5.69 Å². The maximum atomic E-state index is 6.14. The molecule has 0 radical (unpaired) electrons. The molecule has 1 unspecified atom stereocenters. The predicted octanol–water partition coefficient (Wildman–Crippen LogP) is 5.20. The zero-order valence-corrected chi connectivity index (χ0v) is 16.6. The summed E-state index contributed by atoms with van der Waals surface area (Å²) in [7, 11) is 0. The van der Waals surface area contributed by atoms with Crippen molar-refractivity contribution in [1.82, 2.24) is 4.90 Å². The van der Waals surface area contributed by atoms with E-state index >= 15 is 0 Å². The summed E-state index contributed by atoms with van der Waals surface area (Å²) in [6, 6.07) is 29.1. The number of benzene rings is 3. The summed E-state index contributed by atoms with van der Waals surface area (Å²) in [6.07, 6.45) is 0.988. The van der Waals surface area contributed by atoms with Gasteiger partial charge in [-0.25, -0.2) is 0 Å². The highest BCUT2D eigenvalue weighted by Gasteiger charge is 2.24. The molecule has 28 heavy (non-hydrogen) atoms. The van der Waals surface area contributed by atoms with Crippen LogP contribution in [0.25, 0.3) is 0 Å². The Kier molecular flexibility index (Phi) is 6.00. The first-order valence-corrected chi connectivity index (χ1v) is 10.0. The normalized spacial score (nSPS) is 15.5. The highest BCUT2D eigenvalue weighted by Crippen LogP contribution is 2.28. The van der Waals surface area contributed by atoms with E-state index in [0.29, 0.717) is 11.7 Å². The van der Waals surface area contributed by atoms with Crippen molar-refractivity contribution in [1.29, 1.82) is 0 Å². The number of para-hydroxylation sites is 1. The van der Waals surface area contributed by atoms with Crippen LogP contribution >= 0.6 is 12.2 Å². The average Bonchev–Trinajstić information content (AvgIpc) is 2.75. The van der Waals surface area contributed by atoms with Crippen molar-refractivity contribution in [3.63, 3.8) is 0 Å². The average molecular weight is 389 g/mol. The molecular weight excluding hydrogens is 364 g/mol. The Morgan fingerprint density at radius 1 is 0.929 bits per heavy atom. The molecule has 1 aliphatic rings. The molecule has 0 saturated heterocycles. The first-order chi connectivity index (χ1) is 13.8. The molecule has 0 spiro atoms. The number of fused-ring (bicyclic) bond motifs is 1. The topological polar surface area (TPSA) is 24.5 Å². The lowest BCUT2D eigenvalue weighted by atomic mass is 9.97.